The molecule has 0 bridgehead atoms. The topological polar surface area (TPSA) is 81.8 Å². The lowest BCUT2D eigenvalue weighted by molar-refractivity contribution is -0.138. The Labute approximate surface area is 105 Å². The van der Waals surface area contributed by atoms with E-state index in [0.717, 1.165) is 13.1 Å². The molecular formula is C11H18N4O3. The maximum atomic E-state index is 12.3. The average Bonchev–Trinajstić information content (AvgIpc) is 2.38. The predicted octanol–water partition coefficient (Wildman–Crippen LogP) is -1.25. The van der Waals surface area contributed by atoms with Crippen molar-refractivity contribution in [1.29, 1.82) is 0 Å². The Morgan fingerprint density at radius 2 is 2.00 bits per heavy atom. The Morgan fingerprint density at radius 1 is 1.33 bits per heavy atom. The second-order valence-corrected chi connectivity index (χ2v) is 4.48. The highest BCUT2D eigenvalue weighted by Gasteiger charge is 2.37. The van der Waals surface area contributed by atoms with Crippen LogP contribution < -0.4 is 10.6 Å². The number of rotatable bonds is 1. The minimum Gasteiger partial charge on any atom is -0.322 e. The second-order valence-electron chi connectivity index (χ2n) is 4.48. The molecule has 2 N–H and O–H groups in total. The standard InChI is InChI=1S/C11H18N4O3/c1-2-8-10(17)13-9(16)7-15(8)11(18)14-5-3-12-4-6-14/h8,12H,2-7H2,1H3,(H,13,16,17). The van der Waals surface area contributed by atoms with Crippen molar-refractivity contribution in [2.45, 2.75) is 19.4 Å². The summed E-state index contributed by atoms with van der Waals surface area (Å²) in [5, 5.41) is 5.42. The molecule has 4 amide bonds. The van der Waals surface area contributed by atoms with Crippen molar-refractivity contribution in [2.75, 3.05) is 32.7 Å². The van der Waals surface area contributed by atoms with Crippen molar-refractivity contribution < 1.29 is 14.4 Å². The van der Waals surface area contributed by atoms with Gasteiger partial charge in [0.25, 0.3) is 0 Å². The summed E-state index contributed by atoms with van der Waals surface area (Å²) in [7, 11) is 0. The van der Waals surface area contributed by atoms with Crippen molar-refractivity contribution in [3.8, 4) is 0 Å². The maximum Gasteiger partial charge on any atom is 0.321 e. The van der Waals surface area contributed by atoms with Crippen LogP contribution in [-0.4, -0.2) is 66.4 Å². The molecule has 100 valence electrons. The van der Waals surface area contributed by atoms with Gasteiger partial charge in [0, 0.05) is 26.2 Å². The number of amides is 4. The molecule has 0 radical (unpaired) electrons. The third-order valence-electron chi connectivity index (χ3n) is 3.28. The van der Waals surface area contributed by atoms with Crippen LogP contribution in [0.3, 0.4) is 0 Å². The number of urea groups is 1. The summed E-state index contributed by atoms with van der Waals surface area (Å²) in [6.45, 7) is 4.52. The molecule has 7 heteroatoms. The molecule has 2 rings (SSSR count). The van der Waals surface area contributed by atoms with Gasteiger partial charge in [-0.3, -0.25) is 14.9 Å². The maximum absolute atomic E-state index is 12.3. The Balaban J connectivity index is 2.10. The summed E-state index contributed by atoms with van der Waals surface area (Å²) >= 11 is 0. The predicted molar refractivity (Wildman–Crippen MR) is 63.8 cm³/mol. The van der Waals surface area contributed by atoms with Gasteiger partial charge in [-0.1, -0.05) is 6.92 Å². The first-order valence-corrected chi connectivity index (χ1v) is 6.23. The summed E-state index contributed by atoms with van der Waals surface area (Å²) in [6, 6.07) is -0.753. The minimum atomic E-state index is -0.537. The summed E-state index contributed by atoms with van der Waals surface area (Å²) < 4.78 is 0. The molecule has 2 heterocycles. The van der Waals surface area contributed by atoms with E-state index in [0.29, 0.717) is 19.5 Å². The summed E-state index contributed by atoms with van der Waals surface area (Å²) in [6.07, 6.45) is 0.511. The monoisotopic (exact) mass is 254 g/mol. The lowest BCUT2D eigenvalue weighted by Gasteiger charge is -2.38. The number of imide groups is 1. The number of carbonyl (C=O) groups is 3. The smallest absolute Gasteiger partial charge is 0.321 e. The van der Waals surface area contributed by atoms with Crippen LogP contribution in [0.1, 0.15) is 13.3 Å². The van der Waals surface area contributed by atoms with Crippen LogP contribution in [0, 0.1) is 0 Å². The van der Waals surface area contributed by atoms with E-state index >= 15 is 0 Å². The van der Waals surface area contributed by atoms with Gasteiger partial charge in [-0.15, -0.1) is 0 Å². The lowest BCUT2D eigenvalue weighted by Crippen LogP contribution is -2.63. The van der Waals surface area contributed by atoms with Gasteiger partial charge in [-0.2, -0.15) is 0 Å². The fraction of sp³-hybridized carbons (Fsp3) is 0.727. The van der Waals surface area contributed by atoms with E-state index in [2.05, 4.69) is 10.6 Å². The van der Waals surface area contributed by atoms with Crippen LogP contribution in [0.15, 0.2) is 0 Å². The molecule has 0 aromatic heterocycles. The van der Waals surface area contributed by atoms with Crippen LogP contribution in [0.2, 0.25) is 0 Å². The molecule has 0 spiro atoms. The van der Waals surface area contributed by atoms with Crippen LogP contribution in [-0.2, 0) is 9.59 Å². The van der Waals surface area contributed by atoms with Crippen molar-refractivity contribution in [3.05, 3.63) is 0 Å². The molecule has 1 unspecified atom stereocenters. The van der Waals surface area contributed by atoms with Gasteiger partial charge < -0.3 is 15.1 Å². The third kappa shape index (κ3) is 2.45. The van der Waals surface area contributed by atoms with Crippen LogP contribution in [0.25, 0.3) is 0 Å². The van der Waals surface area contributed by atoms with Gasteiger partial charge in [0.15, 0.2) is 0 Å². The first-order chi connectivity index (χ1) is 8.63. The molecule has 2 aliphatic heterocycles. The molecule has 18 heavy (non-hydrogen) atoms. The number of carbonyl (C=O) groups excluding carboxylic acids is 3. The van der Waals surface area contributed by atoms with E-state index in [-0.39, 0.29) is 18.5 Å². The summed E-state index contributed by atoms with van der Waals surface area (Å²) in [4.78, 5) is 38.4. The average molecular weight is 254 g/mol. The van der Waals surface area contributed by atoms with Gasteiger partial charge in [0.2, 0.25) is 11.8 Å². The van der Waals surface area contributed by atoms with Crippen molar-refractivity contribution in [2.24, 2.45) is 0 Å². The molecule has 7 nitrogen and oxygen atoms in total. The van der Waals surface area contributed by atoms with E-state index in [1.165, 1.54) is 4.90 Å². The fourth-order valence-corrected chi connectivity index (χ4v) is 2.31. The highest BCUT2D eigenvalue weighted by atomic mass is 16.2. The van der Waals surface area contributed by atoms with Crippen LogP contribution in [0.5, 0.6) is 0 Å². The SMILES string of the molecule is CCC1C(=O)NC(=O)CN1C(=O)N1CCNCC1. The van der Waals surface area contributed by atoms with E-state index < -0.39 is 11.9 Å². The summed E-state index contributed by atoms with van der Waals surface area (Å²) in [5.74, 6) is -0.787. The Bertz CT molecular complexity index is 365. The molecular weight excluding hydrogens is 236 g/mol. The molecule has 0 aromatic rings. The van der Waals surface area contributed by atoms with Crippen molar-refractivity contribution in [3.63, 3.8) is 0 Å². The van der Waals surface area contributed by atoms with Crippen molar-refractivity contribution >= 4 is 17.8 Å². The van der Waals surface area contributed by atoms with Gasteiger partial charge in [0.05, 0.1) is 0 Å². The second kappa shape index (κ2) is 5.34. The highest BCUT2D eigenvalue weighted by Crippen LogP contribution is 2.12. The lowest BCUT2D eigenvalue weighted by atomic mass is 10.1. The zero-order valence-electron chi connectivity index (χ0n) is 10.4. The Kier molecular flexibility index (Phi) is 3.81. The van der Waals surface area contributed by atoms with E-state index in [4.69, 9.17) is 0 Å². The van der Waals surface area contributed by atoms with Crippen molar-refractivity contribution in [1.82, 2.24) is 20.4 Å². The number of hydrogen-bond donors (Lipinski definition) is 2. The van der Waals surface area contributed by atoms with E-state index in [1.807, 2.05) is 6.92 Å². The zero-order chi connectivity index (χ0) is 13.1. The van der Waals surface area contributed by atoms with Gasteiger partial charge in [-0.25, -0.2) is 4.79 Å². The Morgan fingerprint density at radius 3 is 2.61 bits per heavy atom. The third-order valence-corrected chi connectivity index (χ3v) is 3.28. The number of nitrogens with zero attached hydrogens (tertiary/aromatic N) is 2. The molecule has 2 fully saturated rings. The molecule has 2 saturated heterocycles. The largest absolute Gasteiger partial charge is 0.322 e. The molecule has 0 aliphatic carbocycles. The van der Waals surface area contributed by atoms with E-state index in [9.17, 15) is 14.4 Å². The number of nitrogens with one attached hydrogen (secondary N) is 2. The van der Waals surface area contributed by atoms with Crippen LogP contribution in [0.4, 0.5) is 4.79 Å². The van der Waals surface area contributed by atoms with Gasteiger partial charge in [-0.05, 0) is 6.42 Å². The summed E-state index contributed by atoms with van der Waals surface area (Å²) in [5.41, 5.74) is 0. The highest BCUT2D eigenvalue weighted by molar-refractivity contribution is 6.04. The van der Waals surface area contributed by atoms with Gasteiger partial charge >= 0.3 is 6.03 Å². The molecule has 0 aromatic carbocycles. The fourth-order valence-electron chi connectivity index (χ4n) is 2.31. The quantitative estimate of drug-likeness (QED) is 0.573. The normalized spacial score (nSPS) is 25.1. The van der Waals surface area contributed by atoms with Gasteiger partial charge in [0.1, 0.15) is 12.6 Å². The molecule has 2 aliphatic rings. The number of hydrogen-bond acceptors (Lipinski definition) is 4. The minimum absolute atomic E-state index is 0.0347. The Hall–Kier alpha value is -1.63. The molecule has 0 saturated carbocycles. The first kappa shape index (κ1) is 12.8. The first-order valence-electron chi connectivity index (χ1n) is 6.23. The molecule has 1 atom stereocenters. The van der Waals surface area contributed by atoms with Crippen LogP contribution >= 0.6 is 0 Å². The van der Waals surface area contributed by atoms with E-state index in [1.54, 1.807) is 4.90 Å². The number of piperazine rings is 2. The zero-order valence-corrected chi connectivity index (χ0v) is 10.4.